The fraction of sp³-hybridized carbons (Fsp3) is 0.636. The van der Waals surface area contributed by atoms with Crippen LogP contribution in [0.4, 0.5) is 0 Å². The molecular formula is C11H18N4O2. The summed E-state index contributed by atoms with van der Waals surface area (Å²) in [5, 5.41) is 6.04. The van der Waals surface area contributed by atoms with E-state index in [0.717, 1.165) is 18.9 Å². The number of hydrogen-bond acceptors (Lipinski definition) is 4. The molecule has 1 aromatic rings. The van der Waals surface area contributed by atoms with Crippen molar-refractivity contribution in [1.29, 1.82) is 0 Å². The molecule has 17 heavy (non-hydrogen) atoms. The fourth-order valence-corrected chi connectivity index (χ4v) is 1.77. The Kier molecular flexibility index (Phi) is 4.11. The van der Waals surface area contributed by atoms with E-state index in [1.807, 2.05) is 17.8 Å². The van der Waals surface area contributed by atoms with E-state index in [-0.39, 0.29) is 12.0 Å². The molecule has 6 nitrogen and oxygen atoms in total. The number of aromatic nitrogens is 2. The minimum Gasteiger partial charge on any atom is -0.375 e. The molecule has 0 radical (unpaired) electrons. The van der Waals surface area contributed by atoms with E-state index in [1.165, 1.54) is 0 Å². The van der Waals surface area contributed by atoms with Crippen LogP contribution >= 0.6 is 0 Å². The maximum Gasteiger partial charge on any atom is 0.223 e. The number of imidazole rings is 1. The van der Waals surface area contributed by atoms with Gasteiger partial charge in [-0.3, -0.25) is 4.79 Å². The van der Waals surface area contributed by atoms with Gasteiger partial charge in [-0.25, -0.2) is 4.98 Å². The first-order valence-electron chi connectivity index (χ1n) is 5.81. The number of nitrogens with one attached hydrogen (secondary N) is 2. The Morgan fingerprint density at radius 3 is 3.29 bits per heavy atom. The topological polar surface area (TPSA) is 68.2 Å². The molecule has 94 valence electrons. The van der Waals surface area contributed by atoms with Gasteiger partial charge in [-0.2, -0.15) is 0 Å². The van der Waals surface area contributed by atoms with Gasteiger partial charge in [0, 0.05) is 32.5 Å². The van der Waals surface area contributed by atoms with Crippen LogP contribution in [0.15, 0.2) is 12.4 Å². The highest BCUT2D eigenvalue weighted by Crippen LogP contribution is 2.01. The van der Waals surface area contributed by atoms with Crippen molar-refractivity contribution in [2.24, 2.45) is 7.05 Å². The number of ether oxygens (including phenoxy) is 1. The Hall–Kier alpha value is -1.40. The maximum absolute atomic E-state index is 11.7. The monoisotopic (exact) mass is 238 g/mol. The van der Waals surface area contributed by atoms with Gasteiger partial charge in [0.25, 0.3) is 0 Å². The van der Waals surface area contributed by atoms with Crippen LogP contribution in [0, 0.1) is 0 Å². The van der Waals surface area contributed by atoms with Crippen molar-refractivity contribution < 1.29 is 9.53 Å². The molecule has 1 aliphatic heterocycles. The first-order valence-corrected chi connectivity index (χ1v) is 5.81. The SMILES string of the molecule is Cn1ccnc1CNC(=O)CC1CNCCO1. The number of aryl methyl sites for hydroxylation is 1. The predicted octanol–water partition coefficient (Wildman–Crippen LogP) is -0.585. The zero-order valence-corrected chi connectivity index (χ0v) is 9.98. The molecule has 2 heterocycles. The largest absolute Gasteiger partial charge is 0.375 e. The second-order valence-corrected chi connectivity index (χ2v) is 4.13. The van der Waals surface area contributed by atoms with E-state index in [9.17, 15) is 4.79 Å². The lowest BCUT2D eigenvalue weighted by molar-refractivity contribution is -0.124. The highest BCUT2D eigenvalue weighted by Gasteiger charge is 2.17. The number of rotatable bonds is 4. The van der Waals surface area contributed by atoms with E-state index in [2.05, 4.69) is 15.6 Å². The molecule has 6 heteroatoms. The van der Waals surface area contributed by atoms with E-state index in [0.29, 0.717) is 19.6 Å². The molecular weight excluding hydrogens is 220 g/mol. The molecule has 0 saturated carbocycles. The lowest BCUT2D eigenvalue weighted by atomic mass is 10.2. The minimum absolute atomic E-state index is 0.00157. The van der Waals surface area contributed by atoms with Gasteiger partial charge in [0.15, 0.2) is 0 Å². The average Bonchev–Trinajstić information content (AvgIpc) is 2.74. The molecule has 1 atom stereocenters. The number of hydrogen-bond donors (Lipinski definition) is 2. The van der Waals surface area contributed by atoms with Crippen molar-refractivity contribution in [3.63, 3.8) is 0 Å². The van der Waals surface area contributed by atoms with Crippen molar-refractivity contribution in [3.8, 4) is 0 Å². The van der Waals surface area contributed by atoms with Crippen molar-refractivity contribution in [3.05, 3.63) is 18.2 Å². The van der Waals surface area contributed by atoms with Crippen molar-refractivity contribution in [2.75, 3.05) is 19.7 Å². The summed E-state index contributed by atoms with van der Waals surface area (Å²) < 4.78 is 7.35. The molecule has 0 bridgehead atoms. The molecule has 1 saturated heterocycles. The van der Waals surface area contributed by atoms with E-state index < -0.39 is 0 Å². The summed E-state index contributed by atoms with van der Waals surface area (Å²) in [6.45, 7) is 2.75. The zero-order chi connectivity index (χ0) is 12.1. The van der Waals surface area contributed by atoms with Gasteiger partial charge in [-0.05, 0) is 0 Å². The Morgan fingerprint density at radius 1 is 1.76 bits per heavy atom. The van der Waals surface area contributed by atoms with Gasteiger partial charge in [0.05, 0.1) is 25.7 Å². The summed E-state index contributed by atoms with van der Waals surface area (Å²) in [5.74, 6) is 0.850. The van der Waals surface area contributed by atoms with Crippen LogP contribution < -0.4 is 10.6 Å². The van der Waals surface area contributed by atoms with Crippen molar-refractivity contribution in [2.45, 2.75) is 19.1 Å². The first-order chi connectivity index (χ1) is 8.25. The third-order valence-electron chi connectivity index (χ3n) is 2.78. The van der Waals surface area contributed by atoms with E-state index in [1.54, 1.807) is 6.20 Å². The maximum atomic E-state index is 11.7. The fourth-order valence-electron chi connectivity index (χ4n) is 1.77. The van der Waals surface area contributed by atoms with Crippen LogP contribution in [0.5, 0.6) is 0 Å². The van der Waals surface area contributed by atoms with Gasteiger partial charge in [-0.1, -0.05) is 0 Å². The second kappa shape index (κ2) is 5.79. The average molecular weight is 238 g/mol. The second-order valence-electron chi connectivity index (χ2n) is 4.13. The summed E-state index contributed by atoms with van der Waals surface area (Å²) >= 11 is 0. The molecule has 0 aromatic carbocycles. The Balaban J connectivity index is 1.72. The summed E-state index contributed by atoms with van der Waals surface area (Å²) in [5.41, 5.74) is 0. The van der Waals surface area contributed by atoms with Crippen molar-refractivity contribution in [1.82, 2.24) is 20.2 Å². The molecule has 0 spiro atoms. The molecule has 1 amide bonds. The van der Waals surface area contributed by atoms with Gasteiger partial charge in [-0.15, -0.1) is 0 Å². The lowest BCUT2D eigenvalue weighted by Gasteiger charge is -2.22. The number of nitrogens with zero attached hydrogens (tertiary/aromatic N) is 2. The Bertz CT molecular complexity index is 371. The quantitative estimate of drug-likeness (QED) is 0.736. The van der Waals surface area contributed by atoms with Crippen LogP contribution in [0.2, 0.25) is 0 Å². The number of amides is 1. The summed E-state index contributed by atoms with van der Waals surface area (Å²) in [4.78, 5) is 15.8. The van der Waals surface area contributed by atoms with Crippen LogP contribution in [0.1, 0.15) is 12.2 Å². The normalized spacial score (nSPS) is 20.2. The Labute approximate surface area is 100 Å². The smallest absolute Gasteiger partial charge is 0.223 e. The molecule has 1 aliphatic rings. The highest BCUT2D eigenvalue weighted by atomic mass is 16.5. The summed E-state index contributed by atoms with van der Waals surface area (Å²) in [7, 11) is 1.91. The minimum atomic E-state index is -0.00915. The van der Waals surface area contributed by atoms with E-state index in [4.69, 9.17) is 4.74 Å². The van der Waals surface area contributed by atoms with Gasteiger partial charge >= 0.3 is 0 Å². The van der Waals surface area contributed by atoms with Crippen LogP contribution in [0.25, 0.3) is 0 Å². The summed E-state index contributed by atoms with van der Waals surface area (Å²) in [6.07, 6.45) is 3.97. The molecule has 1 aromatic heterocycles. The number of morpholine rings is 1. The predicted molar refractivity (Wildman–Crippen MR) is 62.3 cm³/mol. The van der Waals surface area contributed by atoms with Gasteiger partial charge in [0.2, 0.25) is 5.91 Å². The van der Waals surface area contributed by atoms with Gasteiger partial charge < -0.3 is 19.9 Å². The molecule has 0 aliphatic carbocycles. The first kappa shape index (κ1) is 12.1. The summed E-state index contributed by atoms with van der Waals surface area (Å²) in [6, 6.07) is 0. The zero-order valence-electron chi connectivity index (χ0n) is 9.98. The lowest BCUT2D eigenvalue weighted by Crippen LogP contribution is -2.41. The van der Waals surface area contributed by atoms with Crippen LogP contribution in [-0.2, 0) is 23.1 Å². The third kappa shape index (κ3) is 3.54. The standard InChI is InChI=1S/C11H18N4O2/c1-15-4-2-13-10(15)8-14-11(16)6-9-7-12-3-5-17-9/h2,4,9,12H,3,5-8H2,1H3,(H,14,16). The molecule has 1 unspecified atom stereocenters. The van der Waals surface area contributed by atoms with Crippen molar-refractivity contribution >= 4 is 5.91 Å². The highest BCUT2D eigenvalue weighted by molar-refractivity contribution is 5.76. The van der Waals surface area contributed by atoms with Gasteiger partial charge in [0.1, 0.15) is 5.82 Å². The Morgan fingerprint density at radius 2 is 2.65 bits per heavy atom. The third-order valence-corrected chi connectivity index (χ3v) is 2.78. The molecule has 2 N–H and O–H groups in total. The molecule has 2 rings (SSSR count). The van der Waals surface area contributed by atoms with Crippen LogP contribution in [0.3, 0.4) is 0 Å². The van der Waals surface area contributed by atoms with E-state index >= 15 is 0 Å². The van der Waals surface area contributed by atoms with Crippen LogP contribution in [-0.4, -0.2) is 41.3 Å². The number of carbonyl (C=O) groups is 1. The number of carbonyl (C=O) groups excluding carboxylic acids is 1. The molecule has 1 fully saturated rings.